The van der Waals surface area contributed by atoms with Gasteiger partial charge in [0.25, 0.3) is 5.91 Å². The highest BCUT2D eigenvalue weighted by Crippen LogP contribution is 2.26. The Hall–Kier alpha value is -3.22. The third-order valence-corrected chi connectivity index (χ3v) is 4.25. The third kappa shape index (κ3) is 3.67. The Morgan fingerprint density at radius 1 is 1.11 bits per heavy atom. The number of rotatable bonds is 5. The van der Waals surface area contributed by atoms with Gasteiger partial charge in [0.05, 0.1) is 13.0 Å². The van der Waals surface area contributed by atoms with Crippen LogP contribution in [0.2, 0.25) is 0 Å². The molecule has 1 amide bonds. The average molecular weight is 372 g/mol. The van der Waals surface area contributed by atoms with Crippen LogP contribution in [0.15, 0.2) is 42.5 Å². The van der Waals surface area contributed by atoms with Gasteiger partial charge in [-0.1, -0.05) is 18.2 Å². The normalized spacial score (nSPS) is 10.8. The highest BCUT2D eigenvalue weighted by molar-refractivity contribution is 6.09. The van der Waals surface area contributed by atoms with E-state index in [0.717, 1.165) is 17.5 Å². The molecule has 140 valence electrons. The van der Waals surface area contributed by atoms with Crippen molar-refractivity contribution >= 4 is 28.5 Å². The zero-order chi connectivity index (χ0) is 19.6. The molecule has 1 aromatic heterocycles. The minimum atomic E-state index is -1.05. The number of carbonyl (C=O) groups excluding carboxylic acids is 2. The standard InChI is InChI=1S/C20H18F2N2O3/c1-3-27-18(25)11-14-13-6-4-5-7-17(13)23-19(14)20(26)24(2)12-8-9-15(21)16(22)10-12/h4-10,23H,3,11H2,1-2H3. The Balaban J connectivity index is 2.02. The number of para-hydroxylation sites is 1. The van der Waals surface area contributed by atoms with Crippen LogP contribution >= 0.6 is 0 Å². The van der Waals surface area contributed by atoms with Gasteiger partial charge in [-0.2, -0.15) is 0 Å². The molecule has 1 heterocycles. The number of amides is 1. The van der Waals surface area contributed by atoms with Crippen LogP contribution in [0.5, 0.6) is 0 Å². The van der Waals surface area contributed by atoms with Crippen LogP contribution in [-0.2, 0) is 16.0 Å². The van der Waals surface area contributed by atoms with Crippen molar-refractivity contribution in [1.82, 2.24) is 4.98 Å². The number of nitrogens with zero attached hydrogens (tertiary/aromatic N) is 1. The van der Waals surface area contributed by atoms with E-state index in [1.165, 1.54) is 18.0 Å². The Morgan fingerprint density at radius 3 is 2.56 bits per heavy atom. The number of ether oxygens (including phenoxy) is 1. The first-order valence-electron chi connectivity index (χ1n) is 8.40. The molecule has 0 unspecified atom stereocenters. The van der Waals surface area contributed by atoms with Gasteiger partial charge in [0.1, 0.15) is 5.69 Å². The molecule has 0 radical (unpaired) electrons. The summed E-state index contributed by atoms with van der Waals surface area (Å²) < 4.78 is 31.7. The second-order valence-electron chi connectivity index (χ2n) is 5.97. The Kier molecular flexibility index (Phi) is 5.21. The lowest BCUT2D eigenvalue weighted by Gasteiger charge is -2.17. The molecule has 0 aliphatic rings. The van der Waals surface area contributed by atoms with Crippen molar-refractivity contribution in [2.24, 2.45) is 0 Å². The fraction of sp³-hybridized carbons (Fsp3) is 0.200. The maximum absolute atomic E-state index is 13.5. The smallest absolute Gasteiger partial charge is 0.310 e. The summed E-state index contributed by atoms with van der Waals surface area (Å²) in [5.74, 6) is -2.97. The Morgan fingerprint density at radius 2 is 1.85 bits per heavy atom. The number of hydrogen-bond acceptors (Lipinski definition) is 3. The first-order valence-corrected chi connectivity index (χ1v) is 8.40. The summed E-state index contributed by atoms with van der Waals surface area (Å²) in [5.41, 5.74) is 1.60. The van der Waals surface area contributed by atoms with E-state index < -0.39 is 23.5 Å². The first kappa shape index (κ1) is 18.6. The molecule has 7 heteroatoms. The Labute approximate surface area is 154 Å². The van der Waals surface area contributed by atoms with Gasteiger partial charge in [0.15, 0.2) is 11.6 Å². The van der Waals surface area contributed by atoms with E-state index in [0.29, 0.717) is 11.1 Å². The van der Waals surface area contributed by atoms with Crippen molar-refractivity contribution in [3.8, 4) is 0 Å². The second-order valence-corrected chi connectivity index (χ2v) is 5.97. The first-order chi connectivity index (χ1) is 12.9. The number of H-pyrrole nitrogens is 1. The number of fused-ring (bicyclic) bond motifs is 1. The van der Waals surface area contributed by atoms with Gasteiger partial charge < -0.3 is 14.6 Å². The lowest BCUT2D eigenvalue weighted by Crippen LogP contribution is -2.28. The molecule has 5 nitrogen and oxygen atoms in total. The largest absolute Gasteiger partial charge is 0.466 e. The van der Waals surface area contributed by atoms with E-state index in [9.17, 15) is 18.4 Å². The molecule has 3 aromatic rings. The number of anilines is 1. The molecule has 0 fully saturated rings. The van der Waals surface area contributed by atoms with E-state index in [4.69, 9.17) is 4.74 Å². The monoisotopic (exact) mass is 372 g/mol. The van der Waals surface area contributed by atoms with Gasteiger partial charge in [-0.3, -0.25) is 9.59 Å². The molecule has 1 N–H and O–H groups in total. The molecule has 0 atom stereocenters. The molecular formula is C20H18F2N2O3. The number of carbonyl (C=O) groups is 2. The zero-order valence-corrected chi connectivity index (χ0v) is 14.9. The lowest BCUT2D eigenvalue weighted by atomic mass is 10.1. The summed E-state index contributed by atoms with van der Waals surface area (Å²) >= 11 is 0. The lowest BCUT2D eigenvalue weighted by molar-refractivity contribution is -0.142. The molecular weight excluding hydrogens is 354 g/mol. The summed E-state index contributed by atoms with van der Waals surface area (Å²) in [6.07, 6.45) is -0.0788. The maximum Gasteiger partial charge on any atom is 0.310 e. The van der Waals surface area contributed by atoms with E-state index in [1.54, 1.807) is 31.2 Å². The van der Waals surface area contributed by atoms with Crippen LogP contribution in [0.25, 0.3) is 10.9 Å². The van der Waals surface area contributed by atoms with E-state index in [-0.39, 0.29) is 24.4 Å². The van der Waals surface area contributed by atoms with Crippen molar-refractivity contribution in [1.29, 1.82) is 0 Å². The molecule has 0 aliphatic heterocycles. The third-order valence-electron chi connectivity index (χ3n) is 4.25. The number of aromatic amines is 1. The van der Waals surface area contributed by atoms with Crippen molar-refractivity contribution in [2.75, 3.05) is 18.6 Å². The summed E-state index contributed by atoms with van der Waals surface area (Å²) in [5, 5.41) is 0.729. The van der Waals surface area contributed by atoms with E-state index in [1.807, 2.05) is 0 Å². The predicted molar refractivity (Wildman–Crippen MR) is 97.7 cm³/mol. The topological polar surface area (TPSA) is 62.4 Å². The van der Waals surface area contributed by atoms with Gasteiger partial charge in [-0.25, -0.2) is 8.78 Å². The number of hydrogen-bond donors (Lipinski definition) is 1. The van der Waals surface area contributed by atoms with Gasteiger partial charge >= 0.3 is 5.97 Å². The van der Waals surface area contributed by atoms with Crippen molar-refractivity contribution in [3.63, 3.8) is 0 Å². The van der Waals surface area contributed by atoms with Gasteiger partial charge in [-0.05, 0) is 25.1 Å². The summed E-state index contributed by atoms with van der Waals surface area (Å²) in [6, 6.07) is 10.4. The molecule has 0 spiro atoms. The highest BCUT2D eigenvalue weighted by atomic mass is 19.2. The number of halogens is 2. The molecule has 0 saturated heterocycles. The van der Waals surface area contributed by atoms with Crippen LogP contribution < -0.4 is 4.90 Å². The molecule has 0 aliphatic carbocycles. The van der Waals surface area contributed by atoms with Crippen molar-refractivity contribution < 1.29 is 23.1 Å². The molecule has 0 saturated carbocycles. The predicted octanol–water partition coefficient (Wildman–Crippen LogP) is 3.83. The van der Waals surface area contributed by atoms with Gasteiger partial charge in [0, 0.05) is 35.3 Å². The fourth-order valence-corrected chi connectivity index (χ4v) is 2.90. The minimum absolute atomic E-state index is 0.0788. The van der Waals surface area contributed by atoms with Gasteiger partial charge in [-0.15, -0.1) is 0 Å². The molecule has 2 aromatic carbocycles. The van der Waals surface area contributed by atoms with Crippen molar-refractivity contribution in [3.05, 3.63) is 65.4 Å². The highest BCUT2D eigenvalue weighted by Gasteiger charge is 2.24. The Bertz CT molecular complexity index is 1010. The zero-order valence-electron chi connectivity index (χ0n) is 14.9. The summed E-state index contributed by atoms with van der Waals surface area (Å²) in [6.45, 7) is 1.94. The van der Waals surface area contributed by atoms with Crippen LogP contribution in [0, 0.1) is 11.6 Å². The molecule has 27 heavy (non-hydrogen) atoms. The summed E-state index contributed by atoms with van der Waals surface area (Å²) in [4.78, 5) is 29.2. The van der Waals surface area contributed by atoms with Crippen molar-refractivity contribution in [2.45, 2.75) is 13.3 Å². The van der Waals surface area contributed by atoms with E-state index in [2.05, 4.69) is 4.98 Å². The van der Waals surface area contributed by atoms with Crippen LogP contribution in [0.3, 0.4) is 0 Å². The van der Waals surface area contributed by atoms with E-state index >= 15 is 0 Å². The quantitative estimate of drug-likeness (QED) is 0.693. The number of benzene rings is 2. The minimum Gasteiger partial charge on any atom is -0.466 e. The number of nitrogens with one attached hydrogen (secondary N) is 1. The fourth-order valence-electron chi connectivity index (χ4n) is 2.90. The maximum atomic E-state index is 13.5. The SMILES string of the molecule is CCOC(=O)Cc1c(C(=O)N(C)c2ccc(F)c(F)c2)[nH]c2ccccc12. The summed E-state index contributed by atoms with van der Waals surface area (Å²) in [7, 11) is 1.45. The van der Waals surface area contributed by atoms with Crippen LogP contribution in [-0.4, -0.2) is 30.5 Å². The van der Waals surface area contributed by atoms with Crippen LogP contribution in [0.4, 0.5) is 14.5 Å². The second kappa shape index (κ2) is 7.57. The average Bonchev–Trinajstić information content (AvgIpc) is 3.01. The molecule has 0 bridgehead atoms. The number of aromatic nitrogens is 1. The molecule has 3 rings (SSSR count). The van der Waals surface area contributed by atoms with Crippen LogP contribution in [0.1, 0.15) is 23.0 Å². The number of esters is 1. The van der Waals surface area contributed by atoms with Gasteiger partial charge in [0.2, 0.25) is 0 Å².